The average Bonchev–Trinajstić information content (AvgIpc) is 3.15. The summed E-state index contributed by atoms with van der Waals surface area (Å²) in [5.74, 6) is 0.122. The second kappa shape index (κ2) is 9.65. The highest BCUT2D eigenvalue weighted by atomic mass is 35.5. The van der Waals surface area contributed by atoms with Crippen molar-refractivity contribution in [3.63, 3.8) is 0 Å². The van der Waals surface area contributed by atoms with E-state index in [-0.39, 0.29) is 18.4 Å². The van der Waals surface area contributed by atoms with E-state index in [9.17, 15) is 9.59 Å². The number of carbonyl (C=O) groups excluding carboxylic acids is 2. The Bertz CT molecular complexity index is 1330. The molecule has 0 saturated heterocycles. The van der Waals surface area contributed by atoms with Crippen molar-refractivity contribution >= 4 is 51.7 Å². The summed E-state index contributed by atoms with van der Waals surface area (Å²) < 4.78 is 1.81. The molecular formula is C25H22Cl2N4O2. The molecule has 6 nitrogen and oxygen atoms in total. The number of amides is 2. The Kier molecular flexibility index (Phi) is 6.67. The number of carbonyl (C=O) groups is 2. The van der Waals surface area contributed by atoms with E-state index >= 15 is 0 Å². The van der Waals surface area contributed by atoms with Crippen molar-refractivity contribution in [3.8, 4) is 0 Å². The van der Waals surface area contributed by atoms with Gasteiger partial charge in [0.2, 0.25) is 5.91 Å². The fraction of sp³-hybridized carbons (Fsp3) is 0.160. The molecule has 8 heteroatoms. The molecule has 3 aromatic carbocycles. The number of rotatable bonds is 6. The molecule has 1 heterocycles. The van der Waals surface area contributed by atoms with E-state index in [4.69, 9.17) is 23.2 Å². The van der Waals surface area contributed by atoms with Gasteiger partial charge in [0.15, 0.2) is 0 Å². The van der Waals surface area contributed by atoms with Crippen LogP contribution in [0.5, 0.6) is 0 Å². The normalized spacial score (nSPS) is 11.9. The van der Waals surface area contributed by atoms with Gasteiger partial charge < -0.3 is 15.2 Å². The number of aryl methyl sites for hydroxylation is 1. The minimum atomic E-state index is -0.427. The Morgan fingerprint density at radius 1 is 1.00 bits per heavy atom. The van der Waals surface area contributed by atoms with Crippen molar-refractivity contribution in [2.24, 2.45) is 0 Å². The smallest absolute Gasteiger partial charge is 0.251 e. The van der Waals surface area contributed by atoms with Gasteiger partial charge in [-0.3, -0.25) is 9.59 Å². The zero-order valence-corrected chi connectivity index (χ0v) is 19.6. The van der Waals surface area contributed by atoms with Crippen LogP contribution in [0.15, 0.2) is 66.7 Å². The molecule has 33 heavy (non-hydrogen) atoms. The van der Waals surface area contributed by atoms with E-state index in [2.05, 4.69) is 15.6 Å². The Labute approximate surface area is 201 Å². The zero-order chi connectivity index (χ0) is 23.5. The maximum absolute atomic E-state index is 12.8. The van der Waals surface area contributed by atoms with E-state index in [0.717, 1.165) is 16.6 Å². The molecule has 4 rings (SSSR count). The van der Waals surface area contributed by atoms with Crippen molar-refractivity contribution in [2.45, 2.75) is 26.4 Å². The van der Waals surface area contributed by atoms with Crippen LogP contribution in [0.25, 0.3) is 11.0 Å². The molecule has 2 amide bonds. The maximum atomic E-state index is 12.8. The Hall–Kier alpha value is -3.35. The van der Waals surface area contributed by atoms with Crippen LogP contribution in [0.2, 0.25) is 10.0 Å². The van der Waals surface area contributed by atoms with E-state index in [0.29, 0.717) is 27.1 Å². The van der Waals surface area contributed by atoms with Crippen LogP contribution in [0.3, 0.4) is 0 Å². The van der Waals surface area contributed by atoms with E-state index < -0.39 is 6.04 Å². The van der Waals surface area contributed by atoms with Gasteiger partial charge in [0.25, 0.3) is 5.91 Å². The summed E-state index contributed by atoms with van der Waals surface area (Å²) >= 11 is 12.0. The summed E-state index contributed by atoms with van der Waals surface area (Å²) in [6.07, 6.45) is 0. The fourth-order valence-corrected chi connectivity index (χ4v) is 3.86. The van der Waals surface area contributed by atoms with Crippen molar-refractivity contribution < 1.29 is 9.59 Å². The van der Waals surface area contributed by atoms with Crippen molar-refractivity contribution in [1.82, 2.24) is 14.9 Å². The summed E-state index contributed by atoms with van der Waals surface area (Å²) in [7, 11) is 0. The van der Waals surface area contributed by atoms with E-state index in [1.807, 2.05) is 54.8 Å². The molecule has 168 valence electrons. The molecular weight excluding hydrogens is 459 g/mol. The number of aromatic nitrogens is 2. The molecule has 0 radical (unpaired) electrons. The monoisotopic (exact) mass is 480 g/mol. The number of nitrogens with zero attached hydrogens (tertiary/aromatic N) is 2. The predicted molar refractivity (Wildman–Crippen MR) is 132 cm³/mol. The number of halogens is 2. The zero-order valence-electron chi connectivity index (χ0n) is 18.1. The highest BCUT2D eigenvalue weighted by Crippen LogP contribution is 2.26. The van der Waals surface area contributed by atoms with Gasteiger partial charge >= 0.3 is 0 Å². The predicted octanol–water partition coefficient (Wildman–Crippen LogP) is 5.78. The molecule has 0 bridgehead atoms. The second-order valence-electron chi connectivity index (χ2n) is 7.78. The van der Waals surface area contributed by atoms with E-state index in [1.54, 1.807) is 30.3 Å². The molecule has 0 fully saturated rings. The maximum Gasteiger partial charge on any atom is 0.251 e. The summed E-state index contributed by atoms with van der Waals surface area (Å²) in [6.45, 7) is 3.83. The van der Waals surface area contributed by atoms with Gasteiger partial charge in [-0.15, -0.1) is 0 Å². The topological polar surface area (TPSA) is 76.0 Å². The largest absolute Gasteiger partial charge is 0.342 e. The van der Waals surface area contributed by atoms with Crippen LogP contribution in [-0.2, 0) is 11.3 Å². The second-order valence-corrected chi connectivity index (χ2v) is 8.60. The number of para-hydroxylation sites is 2. The summed E-state index contributed by atoms with van der Waals surface area (Å²) in [5, 5.41) is 6.59. The van der Waals surface area contributed by atoms with Gasteiger partial charge in [0, 0.05) is 11.3 Å². The molecule has 1 unspecified atom stereocenters. The Morgan fingerprint density at radius 3 is 2.45 bits per heavy atom. The van der Waals surface area contributed by atoms with Gasteiger partial charge in [-0.1, -0.05) is 53.0 Å². The summed E-state index contributed by atoms with van der Waals surface area (Å²) in [6, 6.07) is 19.4. The number of benzene rings is 3. The number of hydrogen-bond donors (Lipinski definition) is 2. The first-order chi connectivity index (χ1) is 15.8. The molecule has 2 N–H and O–H groups in total. The first kappa shape index (κ1) is 22.8. The first-order valence-corrected chi connectivity index (χ1v) is 11.1. The standard InChI is InChI=1S/C25H22Cl2N4O2/c1-15-7-9-17(10-8-15)25(33)28-16(2)24-30-21-5-3-4-6-22(21)31(24)14-23(32)29-18-11-12-19(26)20(27)13-18/h3-13,16H,14H2,1-2H3,(H,28,33)(H,29,32). The lowest BCUT2D eigenvalue weighted by atomic mass is 10.1. The van der Waals surface area contributed by atoms with Crippen molar-refractivity contribution in [2.75, 3.05) is 5.32 Å². The number of fused-ring (bicyclic) bond motifs is 1. The summed E-state index contributed by atoms with van der Waals surface area (Å²) in [4.78, 5) is 30.3. The molecule has 0 aliphatic rings. The molecule has 1 aromatic heterocycles. The van der Waals surface area contributed by atoms with Gasteiger partial charge in [0.1, 0.15) is 12.4 Å². The molecule has 0 aliphatic carbocycles. The minimum absolute atomic E-state index is 0.0147. The van der Waals surface area contributed by atoms with Crippen LogP contribution in [0.4, 0.5) is 5.69 Å². The lowest BCUT2D eigenvalue weighted by molar-refractivity contribution is -0.116. The highest BCUT2D eigenvalue weighted by molar-refractivity contribution is 6.42. The minimum Gasteiger partial charge on any atom is -0.342 e. The quantitative estimate of drug-likeness (QED) is 0.367. The van der Waals surface area contributed by atoms with Crippen molar-refractivity contribution in [1.29, 1.82) is 0 Å². The lowest BCUT2D eigenvalue weighted by Gasteiger charge is -2.16. The Balaban J connectivity index is 1.58. The van der Waals surface area contributed by atoms with Gasteiger partial charge in [-0.25, -0.2) is 4.98 Å². The molecule has 0 spiro atoms. The van der Waals surface area contributed by atoms with Gasteiger partial charge in [-0.05, 0) is 56.3 Å². The van der Waals surface area contributed by atoms with Gasteiger partial charge in [0.05, 0.1) is 27.1 Å². The SMILES string of the molecule is Cc1ccc(C(=O)NC(C)c2nc3ccccc3n2CC(=O)Nc2ccc(Cl)c(Cl)c2)cc1. The average molecular weight is 481 g/mol. The summed E-state index contributed by atoms with van der Waals surface area (Å²) in [5.41, 5.74) is 3.72. The van der Waals surface area contributed by atoms with Crippen LogP contribution in [-0.4, -0.2) is 21.4 Å². The van der Waals surface area contributed by atoms with E-state index in [1.165, 1.54) is 0 Å². The first-order valence-electron chi connectivity index (χ1n) is 10.4. The van der Waals surface area contributed by atoms with Crippen LogP contribution in [0, 0.1) is 6.92 Å². The molecule has 0 saturated carbocycles. The van der Waals surface area contributed by atoms with Crippen LogP contribution >= 0.6 is 23.2 Å². The van der Waals surface area contributed by atoms with Gasteiger partial charge in [-0.2, -0.15) is 0 Å². The lowest BCUT2D eigenvalue weighted by Crippen LogP contribution is -2.30. The molecule has 1 atom stereocenters. The highest BCUT2D eigenvalue weighted by Gasteiger charge is 2.20. The third kappa shape index (κ3) is 5.18. The number of nitrogens with one attached hydrogen (secondary N) is 2. The van der Waals surface area contributed by atoms with Crippen molar-refractivity contribution in [3.05, 3.63) is 93.7 Å². The number of anilines is 1. The number of imidazole rings is 1. The third-order valence-electron chi connectivity index (χ3n) is 5.24. The fourth-order valence-electron chi connectivity index (χ4n) is 3.56. The van der Waals surface area contributed by atoms with Crippen LogP contribution < -0.4 is 10.6 Å². The van der Waals surface area contributed by atoms with Crippen LogP contribution in [0.1, 0.15) is 34.7 Å². The Morgan fingerprint density at radius 2 is 1.73 bits per heavy atom. The molecule has 4 aromatic rings. The third-order valence-corrected chi connectivity index (χ3v) is 5.98. The number of hydrogen-bond acceptors (Lipinski definition) is 3. The molecule has 0 aliphatic heterocycles.